The number of benzene rings is 2. The number of aryl methyl sites for hydroxylation is 1. The number of ether oxygens (including phenoxy) is 1. The van der Waals surface area contributed by atoms with Crippen LogP contribution < -0.4 is 15.0 Å². The van der Waals surface area contributed by atoms with Gasteiger partial charge in [-0.15, -0.1) is 0 Å². The van der Waals surface area contributed by atoms with Gasteiger partial charge in [0.1, 0.15) is 23.3 Å². The second-order valence-corrected chi connectivity index (χ2v) is 8.68. The van der Waals surface area contributed by atoms with E-state index in [0.717, 1.165) is 39.8 Å². The molecule has 0 aliphatic carbocycles. The summed E-state index contributed by atoms with van der Waals surface area (Å²) in [5.74, 6) is 2.33. The molecular formula is C26H22ClN3O2S. The quantitative estimate of drug-likeness (QED) is 0.333. The molecule has 33 heavy (non-hydrogen) atoms. The van der Waals surface area contributed by atoms with E-state index in [4.69, 9.17) is 33.0 Å². The Morgan fingerprint density at radius 3 is 2.61 bits per heavy atom. The number of aromatic nitrogens is 1. The van der Waals surface area contributed by atoms with Gasteiger partial charge in [0.25, 0.3) is 0 Å². The summed E-state index contributed by atoms with van der Waals surface area (Å²) in [6.45, 7) is 2.04. The van der Waals surface area contributed by atoms with Crippen molar-refractivity contribution in [1.82, 2.24) is 10.3 Å². The Balaban J connectivity index is 1.60. The van der Waals surface area contributed by atoms with Crippen LogP contribution in [0.5, 0.6) is 5.75 Å². The number of methoxy groups -OCH3 is 1. The number of anilines is 1. The van der Waals surface area contributed by atoms with E-state index in [0.29, 0.717) is 10.1 Å². The third-order valence-corrected chi connectivity index (χ3v) is 6.38. The van der Waals surface area contributed by atoms with Gasteiger partial charge in [0.15, 0.2) is 5.11 Å². The Morgan fingerprint density at radius 2 is 1.88 bits per heavy atom. The number of rotatable bonds is 5. The molecule has 2 aromatic heterocycles. The predicted octanol–water partition coefficient (Wildman–Crippen LogP) is 6.49. The second-order valence-electron chi connectivity index (χ2n) is 7.86. The van der Waals surface area contributed by atoms with E-state index in [1.54, 1.807) is 13.3 Å². The normalized spacial score (nSPS) is 17.8. The number of hydrogen-bond donors (Lipinski definition) is 1. The maximum atomic E-state index is 6.43. The fourth-order valence-corrected chi connectivity index (χ4v) is 4.70. The van der Waals surface area contributed by atoms with E-state index in [1.165, 1.54) is 0 Å². The van der Waals surface area contributed by atoms with Gasteiger partial charge in [0.05, 0.1) is 18.8 Å². The molecule has 1 aliphatic heterocycles. The maximum absolute atomic E-state index is 6.43. The topological polar surface area (TPSA) is 50.5 Å². The molecular weight excluding hydrogens is 454 g/mol. The van der Waals surface area contributed by atoms with Gasteiger partial charge < -0.3 is 19.4 Å². The molecule has 5 rings (SSSR count). The first-order valence-corrected chi connectivity index (χ1v) is 11.3. The van der Waals surface area contributed by atoms with Crippen molar-refractivity contribution in [2.24, 2.45) is 0 Å². The van der Waals surface area contributed by atoms with E-state index in [9.17, 15) is 0 Å². The molecule has 0 saturated carbocycles. The van der Waals surface area contributed by atoms with Crippen LogP contribution >= 0.6 is 23.8 Å². The number of halogens is 1. The molecule has 1 aliphatic rings. The standard InChI is InChI=1S/C26H22ClN3O2S/c1-16-6-7-17(27)15-20(16)22-12-13-23(32-22)25-24(21-5-3-4-14-28-21)29-26(33)30(25)18-8-10-19(31-2)11-9-18/h3-15,24-25H,1-2H3,(H,29,33)/t24-,25+/m1/s1. The van der Waals surface area contributed by atoms with Crippen molar-refractivity contribution >= 4 is 34.6 Å². The number of pyridine rings is 1. The highest BCUT2D eigenvalue weighted by Gasteiger charge is 2.42. The number of hydrogen-bond acceptors (Lipinski definition) is 4. The van der Waals surface area contributed by atoms with Crippen molar-refractivity contribution in [3.8, 4) is 17.1 Å². The average molecular weight is 476 g/mol. The lowest BCUT2D eigenvalue weighted by molar-refractivity contribution is 0.414. The summed E-state index contributed by atoms with van der Waals surface area (Å²) in [4.78, 5) is 6.66. The fourth-order valence-electron chi connectivity index (χ4n) is 4.18. The first-order chi connectivity index (χ1) is 16.0. The Morgan fingerprint density at radius 1 is 1.06 bits per heavy atom. The lowest BCUT2D eigenvalue weighted by Crippen LogP contribution is -2.29. The van der Waals surface area contributed by atoms with Gasteiger partial charge in [-0.25, -0.2) is 0 Å². The van der Waals surface area contributed by atoms with Gasteiger partial charge in [-0.05, 0) is 85.4 Å². The molecule has 166 valence electrons. The van der Waals surface area contributed by atoms with Gasteiger partial charge >= 0.3 is 0 Å². The highest BCUT2D eigenvalue weighted by atomic mass is 35.5. The SMILES string of the molecule is COc1ccc(N2C(=S)N[C@H](c3ccccn3)[C@@H]2c2ccc(-c3cc(Cl)ccc3C)o2)cc1. The average Bonchev–Trinajstić information content (AvgIpc) is 3.46. The highest BCUT2D eigenvalue weighted by molar-refractivity contribution is 7.80. The van der Waals surface area contributed by atoms with Gasteiger partial charge in [0.2, 0.25) is 0 Å². The van der Waals surface area contributed by atoms with E-state index >= 15 is 0 Å². The Labute approximate surface area is 203 Å². The molecule has 2 aromatic carbocycles. The van der Waals surface area contributed by atoms with Gasteiger partial charge in [-0.2, -0.15) is 0 Å². The van der Waals surface area contributed by atoms with E-state index < -0.39 is 0 Å². The zero-order valence-corrected chi connectivity index (χ0v) is 19.7. The van der Waals surface area contributed by atoms with E-state index in [-0.39, 0.29) is 12.1 Å². The van der Waals surface area contributed by atoms with Crippen LogP contribution in [0.15, 0.2) is 83.4 Å². The lowest BCUT2D eigenvalue weighted by atomic mass is 10.0. The molecule has 4 aromatic rings. The Kier molecular flexibility index (Phi) is 5.79. The molecule has 0 bridgehead atoms. The molecule has 1 saturated heterocycles. The summed E-state index contributed by atoms with van der Waals surface area (Å²) in [6, 6.07) is 23.1. The van der Waals surface area contributed by atoms with Crippen LogP contribution in [0.1, 0.15) is 29.1 Å². The molecule has 0 amide bonds. The minimum absolute atomic E-state index is 0.180. The summed E-state index contributed by atoms with van der Waals surface area (Å²) >= 11 is 12.0. The maximum Gasteiger partial charge on any atom is 0.174 e. The third-order valence-electron chi connectivity index (χ3n) is 5.83. The fraction of sp³-hybridized carbons (Fsp3) is 0.154. The van der Waals surface area contributed by atoms with Crippen LogP contribution in [0.3, 0.4) is 0 Å². The Hall–Kier alpha value is -3.35. The molecule has 7 heteroatoms. The summed E-state index contributed by atoms with van der Waals surface area (Å²) in [5.41, 5.74) is 3.88. The van der Waals surface area contributed by atoms with E-state index in [1.807, 2.05) is 79.7 Å². The largest absolute Gasteiger partial charge is 0.497 e. The number of nitrogens with one attached hydrogen (secondary N) is 1. The number of furan rings is 1. The first kappa shape index (κ1) is 21.5. The van der Waals surface area contributed by atoms with Crippen molar-refractivity contribution < 1.29 is 9.15 Å². The zero-order valence-electron chi connectivity index (χ0n) is 18.2. The van der Waals surface area contributed by atoms with Crippen molar-refractivity contribution in [2.75, 3.05) is 12.0 Å². The number of thiocarbonyl (C=S) groups is 1. The molecule has 1 fully saturated rings. The van der Waals surface area contributed by atoms with Crippen LogP contribution in [0, 0.1) is 6.92 Å². The monoisotopic (exact) mass is 475 g/mol. The Bertz CT molecular complexity index is 1290. The van der Waals surface area contributed by atoms with Crippen molar-refractivity contribution in [1.29, 1.82) is 0 Å². The highest BCUT2D eigenvalue weighted by Crippen LogP contribution is 2.43. The van der Waals surface area contributed by atoms with Crippen molar-refractivity contribution in [3.05, 3.63) is 101 Å². The summed E-state index contributed by atoms with van der Waals surface area (Å²) in [7, 11) is 1.65. The smallest absolute Gasteiger partial charge is 0.174 e. The van der Waals surface area contributed by atoms with Gasteiger partial charge in [0, 0.05) is 22.5 Å². The third kappa shape index (κ3) is 4.08. The van der Waals surface area contributed by atoms with Crippen LogP contribution in [-0.4, -0.2) is 17.2 Å². The van der Waals surface area contributed by atoms with Crippen LogP contribution in [0.2, 0.25) is 5.02 Å². The summed E-state index contributed by atoms with van der Waals surface area (Å²) in [6.07, 6.45) is 1.79. The molecule has 0 radical (unpaired) electrons. The van der Waals surface area contributed by atoms with Crippen molar-refractivity contribution in [2.45, 2.75) is 19.0 Å². The van der Waals surface area contributed by atoms with Crippen LogP contribution in [0.25, 0.3) is 11.3 Å². The summed E-state index contributed by atoms with van der Waals surface area (Å²) < 4.78 is 11.8. The molecule has 2 atom stereocenters. The van der Waals surface area contributed by atoms with Crippen LogP contribution in [-0.2, 0) is 0 Å². The minimum atomic E-state index is -0.228. The molecule has 5 nitrogen and oxygen atoms in total. The summed E-state index contributed by atoms with van der Waals surface area (Å²) in [5, 5.41) is 4.73. The zero-order chi connectivity index (χ0) is 22.9. The second kappa shape index (κ2) is 8.89. The van der Waals surface area contributed by atoms with E-state index in [2.05, 4.69) is 15.2 Å². The molecule has 1 N–H and O–H groups in total. The van der Waals surface area contributed by atoms with Crippen molar-refractivity contribution in [3.63, 3.8) is 0 Å². The lowest BCUT2D eigenvalue weighted by Gasteiger charge is -2.26. The number of nitrogens with zero attached hydrogens (tertiary/aromatic N) is 2. The molecule has 0 unspecified atom stereocenters. The van der Waals surface area contributed by atoms with Gasteiger partial charge in [-0.3, -0.25) is 4.98 Å². The molecule has 0 spiro atoms. The van der Waals surface area contributed by atoms with Crippen LogP contribution in [0.4, 0.5) is 5.69 Å². The predicted molar refractivity (Wildman–Crippen MR) is 135 cm³/mol. The van der Waals surface area contributed by atoms with Gasteiger partial charge in [-0.1, -0.05) is 23.7 Å². The molecule has 3 heterocycles. The minimum Gasteiger partial charge on any atom is -0.497 e. The first-order valence-electron chi connectivity index (χ1n) is 10.6.